The van der Waals surface area contributed by atoms with Gasteiger partial charge in [-0.05, 0) is 23.8 Å². The second-order valence-electron chi connectivity index (χ2n) is 5.11. The minimum absolute atomic E-state index is 0.438. The van der Waals surface area contributed by atoms with Gasteiger partial charge in [0.25, 0.3) is 0 Å². The molecule has 0 radical (unpaired) electrons. The van der Waals surface area contributed by atoms with E-state index in [0.29, 0.717) is 13.0 Å². The van der Waals surface area contributed by atoms with Crippen LogP contribution in [0.2, 0.25) is 0 Å². The molecule has 0 saturated carbocycles. The summed E-state index contributed by atoms with van der Waals surface area (Å²) in [7, 11) is 0. The average molecular weight is 358 g/mol. The van der Waals surface area contributed by atoms with E-state index >= 15 is 0 Å². The Labute approximate surface area is 137 Å². The fourth-order valence-electron chi connectivity index (χ4n) is 2.34. The molecule has 1 heterocycles. The molecule has 0 spiro atoms. The lowest BCUT2D eigenvalue weighted by Crippen LogP contribution is -2.22. The van der Waals surface area contributed by atoms with Crippen LogP contribution in [0.1, 0.15) is 5.56 Å². The topological polar surface area (TPSA) is 58.0 Å². The van der Waals surface area contributed by atoms with Crippen molar-refractivity contribution in [2.45, 2.75) is 12.5 Å². The Morgan fingerprint density at radius 2 is 1.91 bits per heavy atom. The number of anilines is 1. The first-order valence-corrected chi connectivity index (χ1v) is 7.88. The zero-order valence-electron chi connectivity index (χ0n) is 11.9. The molecule has 4 nitrogen and oxygen atoms in total. The first-order chi connectivity index (χ1) is 10.7. The van der Waals surface area contributed by atoms with Crippen LogP contribution in [0.4, 0.5) is 5.82 Å². The standard InChI is InChI=1S/C17H16BrN3O/c18-13-6-7-16-15(9-13)17(21-11-20-16)19-10-14(22)8-12-4-2-1-3-5-12/h1-7,9,11,14,22H,8,10H2,(H,19,20,21). The van der Waals surface area contributed by atoms with Gasteiger partial charge in [0.2, 0.25) is 0 Å². The predicted molar refractivity (Wildman–Crippen MR) is 91.9 cm³/mol. The monoisotopic (exact) mass is 357 g/mol. The Morgan fingerprint density at radius 3 is 2.73 bits per heavy atom. The van der Waals surface area contributed by atoms with Gasteiger partial charge in [-0.3, -0.25) is 0 Å². The minimum atomic E-state index is -0.473. The van der Waals surface area contributed by atoms with E-state index in [0.717, 1.165) is 26.8 Å². The molecule has 0 amide bonds. The van der Waals surface area contributed by atoms with Gasteiger partial charge in [0, 0.05) is 22.8 Å². The fourth-order valence-corrected chi connectivity index (χ4v) is 2.70. The lowest BCUT2D eigenvalue weighted by molar-refractivity contribution is 0.188. The van der Waals surface area contributed by atoms with Crippen LogP contribution < -0.4 is 5.32 Å². The van der Waals surface area contributed by atoms with Gasteiger partial charge in [-0.25, -0.2) is 9.97 Å². The van der Waals surface area contributed by atoms with Crippen LogP contribution >= 0.6 is 15.9 Å². The van der Waals surface area contributed by atoms with Crippen molar-refractivity contribution in [2.75, 3.05) is 11.9 Å². The highest BCUT2D eigenvalue weighted by Gasteiger charge is 2.08. The van der Waals surface area contributed by atoms with Crippen molar-refractivity contribution in [3.8, 4) is 0 Å². The summed E-state index contributed by atoms with van der Waals surface area (Å²) < 4.78 is 0.975. The quantitative estimate of drug-likeness (QED) is 0.734. The molecule has 1 aromatic heterocycles. The van der Waals surface area contributed by atoms with E-state index in [1.165, 1.54) is 6.33 Å². The van der Waals surface area contributed by atoms with E-state index in [1.807, 2.05) is 48.5 Å². The maximum atomic E-state index is 10.2. The smallest absolute Gasteiger partial charge is 0.137 e. The van der Waals surface area contributed by atoms with Crippen LogP contribution in [0.5, 0.6) is 0 Å². The highest BCUT2D eigenvalue weighted by atomic mass is 79.9. The van der Waals surface area contributed by atoms with Gasteiger partial charge in [-0.15, -0.1) is 0 Å². The summed E-state index contributed by atoms with van der Waals surface area (Å²) in [5.41, 5.74) is 1.99. The number of hydrogen-bond acceptors (Lipinski definition) is 4. The van der Waals surface area contributed by atoms with E-state index in [4.69, 9.17) is 0 Å². The van der Waals surface area contributed by atoms with Gasteiger partial charge in [0.05, 0.1) is 11.6 Å². The molecule has 5 heteroatoms. The fraction of sp³-hybridized carbons (Fsp3) is 0.176. The third-order valence-electron chi connectivity index (χ3n) is 3.42. The largest absolute Gasteiger partial charge is 0.391 e. The van der Waals surface area contributed by atoms with E-state index < -0.39 is 6.10 Å². The third kappa shape index (κ3) is 3.61. The van der Waals surface area contributed by atoms with Crippen LogP contribution in [0.15, 0.2) is 59.3 Å². The maximum Gasteiger partial charge on any atom is 0.137 e. The van der Waals surface area contributed by atoms with Crippen LogP contribution in [0.3, 0.4) is 0 Å². The normalized spacial score (nSPS) is 12.3. The summed E-state index contributed by atoms with van der Waals surface area (Å²) in [6.07, 6.45) is 1.67. The zero-order valence-corrected chi connectivity index (χ0v) is 13.5. The zero-order chi connectivity index (χ0) is 15.4. The number of aliphatic hydroxyl groups is 1. The Morgan fingerprint density at radius 1 is 1.09 bits per heavy atom. The third-order valence-corrected chi connectivity index (χ3v) is 3.91. The molecule has 0 saturated heterocycles. The summed E-state index contributed by atoms with van der Waals surface area (Å²) in [5.74, 6) is 0.735. The molecule has 0 aliphatic carbocycles. The van der Waals surface area contributed by atoms with Crippen molar-refractivity contribution in [3.05, 3.63) is 64.9 Å². The first-order valence-electron chi connectivity index (χ1n) is 7.08. The lowest BCUT2D eigenvalue weighted by atomic mass is 10.1. The van der Waals surface area contributed by atoms with Gasteiger partial charge in [-0.2, -0.15) is 0 Å². The minimum Gasteiger partial charge on any atom is -0.391 e. The SMILES string of the molecule is OC(CNc1ncnc2ccc(Br)cc12)Cc1ccccc1. The Balaban J connectivity index is 1.70. The van der Waals surface area contributed by atoms with Gasteiger partial charge in [0.1, 0.15) is 12.1 Å². The van der Waals surface area contributed by atoms with Crippen LogP contribution in [0.25, 0.3) is 10.9 Å². The van der Waals surface area contributed by atoms with Crippen molar-refractivity contribution in [1.29, 1.82) is 0 Å². The molecule has 0 bridgehead atoms. The second kappa shape index (κ2) is 6.85. The average Bonchev–Trinajstić information content (AvgIpc) is 2.54. The van der Waals surface area contributed by atoms with Gasteiger partial charge >= 0.3 is 0 Å². The van der Waals surface area contributed by atoms with Crippen LogP contribution in [-0.2, 0) is 6.42 Å². The number of rotatable bonds is 5. The molecular formula is C17H16BrN3O. The van der Waals surface area contributed by atoms with E-state index in [1.54, 1.807) is 0 Å². The van der Waals surface area contributed by atoms with Crippen molar-refractivity contribution in [1.82, 2.24) is 9.97 Å². The van der Waals surface area contributed by atoms with Crippen molar-refractivity contribution in [3.63, 3.8) is 0 Å². The number of nitrogens with zero attached hydrogens (tertiary/aromatic N) is 2. The van der Waals surface area contributed by atoms with Crippen LogP contribution in [0, 0.1) is 0 Å². The molecule has 2 N–H and O–H groups in total. The highest BCUT2D eigenvalue weighted by molar-refractivity contribution is 9.10. The molecule has 0 fully saturated rings. The highest BCUT2D eigenvalue weighted by Crippen LogP contribution is 2.23. The Bertz CT molecular complexity index is 764. The summed E-state index contributed by atoms with van der Waals surface area (Å²) in [6, 6.07) is 15.8. The number of halogens is 1. The molecule has 22 heavy (non-hydrogen) atoms. The number of benzene rings is 2. The molecule has 2 aromatic carbocycles. The molecule has 1 unspecified atom stereocenters. The molecule has 1 atom stereocenters. The maximum absolute atomic E-state index is 10.2. The van der Waals surface area contributed by atoms with E-state index in [2.05, 4.69) is 31.2 Å². The Hall–Kier alpha value is -1.98. The number of hydrogen-bond donors (Lipinski definition) is 2. The lowest BCUT2D eigenvalue weighted by Gasteiger charge is -2.13. The molecule has 0 aliphatic heterocycles. The van der Waals surface area contributed by atoms with Crippen molar-refractivity contribution < 1.29 is 5.11 Å². The van der Waals surface area contributed by atoms with Crippen molar-refractivity contribution >= 4 is 32.7 Å². The van der Waals surface area contributed by atoms with E-state index in [-0.39, 0.29) is 0 Å². The Kier molecular flexibility index (Phi) is 4.65. The van der Waals surface area contributed by atoms with Gasteiger partial charge < -0.3 is 10.4 Å². The molecule has 112 valence electrons. The molecule has 0 aliphatic rings. The number of nitrogens with one attached hydrogen (secondary N) is 1. The van der Waals surface area contributed by atoms with Crippen molar-refractivity contribution in [2.24, 2.45) is 0 Å². The number of aliphatic hydroxyl groups excluding tert-OH is 1. The van der Waals surface area contributed by atoms with Crippen LogP contribution in [-0.4, -0.2) is 27.7 Å². The van der Waals surface area contributed by atoms with Gasteiger partial charge in [-0.1, -0.05) is 46.3 Å². The number of aromatic nitrogens is 2. The molecule has 3 aromatic rings. The molecule has 3 rings (SSSR count). The summed E-state index contributed by atoms with van der Waals surface area (Å²) in [6.45, 7) is 0.438. The first kappa shape index (κ1) is 14.9. The predicted octanol–water partition coefficient (Wildman–Crippen LogP) is 3.41. The van der Waals surface area contributed by atoms with E-state index in [9.17, 15) is 5.11 Å². The van der Waals surface area contributed by atoms with Gasteiger partial charge in [0.15, 0.2) is 0 Å². The summed E-state index contributed by atoms with van der Waals surface area (Å²) >= 11 is 3.46. The number of fused-ring (bicyclic) bond motifs is 1. The second-order valence-corrected chi connectivity index (χ2v) is 6.02. The molecular weight excluding hydrogens is 342 g/mol. The summed E-state index contributed by atoms with van der Waals surface area (Å²) in [5, 5.41) is 14.3. The summed E-state index contributed by atoms with van der Waals surface area (Å²) in [4.78, 5) is 8.52.